The van der Waals surface area contributed by atoms with Crippen LogP contribution in [-0.2, 0) is 4.79 Å². The van der Waals surface area contributed by atoms with E-state index in [0.717, 1.165) is 11.9 Å². The summed E-state index contributed by atoms with van der Waals surface area (Å²) in [6.45, 7) is 2.29. The highest BCUT2D eigenvalue weighted by Gasteiger charge is 2.47. The first-order chi connectivity index (χ1) is 5.73. The fourth-order valence-corrected chi connectivity index (χ4v) is 2.13. The van der Waals surface area contributed by atoms with E-state index in [4.69, 9.17) is 5.11 Å². The number of halogens is 2. The van der Waals surface area contributed by atoms with Gasteiger partial charge in [0.1, 0.15) is 4.75 Å². The van der Waals surface area contributed by atoms with Crippen molar-refractivity contribution < 1.29 is 18.7 Å². The molecule has 0 spiro atoms. The van der Waals surface area contributed by atoms with Crippen molar-refractivity contribution >= 4 is 17.9 Å². The van der Waals surface area contributed by atoms with Crippen LogP contribution < -0.4 is 0 Å². The number of hydrogen-bond donors (Lipinski definition) is 1. The van der Waals surface area contributed by atoms with Gasteiger partial charge in [0.15, 0.2) is 0 Å². The van der Waals surface area contributed by atoms with Crippen molar-refractivity contribution in [1.82, 2.24) is 4.31 Å². The van der Waals surface area contributed by atoms with Crippen LogP contribution in [0.1, 0.15) is 13.8 Å². The van der Waals surface area contributed by atoms with Crippen molar-refractivity contribution in [2.75, 3.05) is 13.1 Å². The van der Waals surface area contributed by atoms with Crippen molar-refractivity contribution in [3.8, 4) is 0 Å². The number of rotatable bonds is 3. The summed E-state index contributed by atoms with van der Waals surface area (Å²) < 4.78 is 25.1. The van der Waals surface area contributed by atoms with Crippen molar-refractivity contribution in [2.45, 2.75) is 24.5 Å². The molecule has 0 aromatic heterocycles. The Morgan fingerprint density at radius 1 is 1.54 bits per heavy atom. The third kappa shape index (κ3) is 2.54. The van der Waals surface area contributed by atoms with Crippen LogP contribution >= 0.6 is 11.9 Å². The first-order valence-electron chi connectivity index (χ1n) is 3.78. The molecule has 0 aliphatic carbocycles. The van der Waals surface area contributed by atoms with E-state index in [1.165, 1.54) is 18.2 Å². The molecule has 1 saturated heterocycles. The molecule has 0 unspecified atom stereocenters. The minimum absolute atomic E-state index is 0.353. The second-order valence-electron chi connectivity index (χ2n) is 3.56. The zero-order chi connectivity index (χ0) is 10.3. The maximum Gasteiger partial charge on any atom is 0.320 e. The smallest absolute Gasteiger partial charge is 0.320 e. The van der Waals surface area contributed by atoms with E-state index in [9.17, 15) is 13.6 Å². The largest absolute Gasteiger partial charge is 0.480 e. The monoisotopic (exact) mass is 211 g/mol. The van der Waals surface area contributed by atoms with Gasteiger partial charge in [-0.1, -0.05) is 11.9 Å². The first kappa shape index (κ1) is 10.7. The molecule has 76 valence electrons. The highest BCUT2D eigenvalue weighted by Crippen LogP contribution is 2.38. The minimum atomic E-state index is -2.64. The Morgan fingerprint density at radius 2 is 2.00 bits per heavy atom. The molecule has 1 rings (SSSR count). The lowest BCUT2D eigenvalue weighted by molar-refractivity contribution is -0.139. The molecule has 0 saturated carbocycles. The van der Waals surface area contributed by atoms with Gasteiger partial charge in [-0.15, -0.1) is 0 Å². The molecule has 0 amide bonds. The van der Waals surface area contributed by atoms with E-state index < -0.39 is 16.6 Å². The topological polar surface area (TPSA) is 40.5 Å². The van der Waals surface area contributed by atoms with Gasteiger partial charge in [-0.3, -0.25) is 4.79 Å². The van der Waals surface area contributed by atoms with Crippen LogP contribution in [0.3, 0.4) is 0 Å². The molecule has 1 N–H and O–H groups in total. The molecule has 1 aliphatic heterocycles. The molecule has 1 fully saturated rings. The highest BCUT2D eigenvalue weighted by molar-refractivity contribution is 7.99. The Morgan fingerprint density at radius 3 is 2.31 bits per heavy atom. The summed E-state index contributed by atoms with van der Waals surface area (Å²) in [5.41, 5.74) is 0. The molecule has 13 heavy (non-hydrogen) atoms. The van der Waals surface area contributed by atoms with Crippen LogP contribution in [0.2, 0.25) is 0 Å². The van der Waals surface area contributed by atoms with Gasteiger partial charge < -0.3 is 5.11 Å². The first-order valence-corrected chi connectivity index (χ1v) is 4.56. The summed E-state index contributed by atoms with van der Waals surface area (Å²) in [5.74, 6) is -3.63. The minimum Gasteiger partial charge on any atom is -0.480 e. The van der Waals surface area contributed by atoms with E-state index in [0.29, 0.717) is 0 Å². The van der Waals surface area contributed by atoms with Gasteiger partial charge in [0.25, 0.3) is 5.92 Å². The fourth-order valence-electron chi connectivity index (χ4n) is 0.896. The van der Waals surface area contributed by atoms with E-state index in [2.05, 4.69) is 0 Å². The second kappa shape index (κ2) is 3.09. The van der Waals surface area contributed by atoms with Crippen molar-refractivity contribution in [3.05, 3.63) is 0 Å². The van der Waals surface area contributed by atoms with Crippen molar-refractivity contribution in [1.29, 1.82) is 0 Å². The van der Waals surface area contributed by atoms with Crippen molar-refractivity contribution in [2.24, 2.45) is 0 Å². The standard InChI is InChI=1S/C7H11F2NO2S/c1-6(2,5(11)12)13-10-3-7(8,9)4-10/h3-4H2,1-2H3,(H,11,12). The fraction of sp³-hybridized carbons (Fsp3) is 0.857. The lowest BCUT2D eigenvalue weighted by atomic mass is 10.2. The summed E-state index contributed by atoms with van der Waals surface area (Å²) in [7, 11) is 0. The van der Waals surface area contributed by atoms with Crippen LogP contribution in [0, 0.1) is 0 Å². The zero-order valence-electron chi connectivity index (χ0n) is 7.38. The summed E-state index contributed by atoms with van der Waals surface area (Å²) in [4.78, 5) is 10.6. The number of carboxylic acid groups (broad SMARTS) is 1. The van der Waals surface area contributed by atoms with Gasteiger partial charge in [-0.2, -0.15) is 0 Å². The average molecular weight is 211 g/mol. The zero-order valence-corrected chi connectivity index (χ0v) is 8.20. The second-order valence-corrected chi connectivity index (χ2v) is 5.28. The SMILES string of the molecule is CC(C)(SN1CC(F)(F)C1)C(=O)O. The van der Waals surface area contributed by atoms with E-state index in [-0.39, 0.29) is 13.1 Å². The van der Waals surface area contributed by atoms with Gasteiger partial charge in [0, 0.05) is 0 Å². The molecule has 3 nitrogen and oxygen atoms in total. The molecule has 1 aliphatic rings. The maximum absolute atomic E-state index is 12.4. The van der Waals surface area contributed by atoms with Gasteiger partial charge in [0.2, 0.25) is 0 Å². The molecule has 0 bridgehead atoms. The maximum atomic E-state index is 12.4. The molecule has 0 radical (unpaired) electrons. The Balaban J connectivity index is 2.40. The third-order valence-corrected chi connectivity index (χ3v) is 2.84. The summed E-state index contributed by atoms with van der Waals surface area (Å²) in [6.07, 6.45) is 0. The van der Waals surface area contributed by atoms with Crippen LogP contribution in [-0.4, -0.2) is 39.1 Å². The van der Waals surface area contributed by atoms with E-state index in [1.54, 1.807) is 0 Å². The molecule has 0 atom stereocenters. The van der Waals surface area contributed by atoms with Crippen molar-refractivity contribution in [3.63, 3.8) is 0 Å². The summed E-state index contributed by atoms with van der Waals surface area (Å²) in [5, 5.41) is 8.70. The predicted octanol–water partition coefficient (Wildman–Crippen LogP) is 1.45. The highest BCUT2D eigenvalue weighted by atomic mass is 32.2. The lowest BCUT2D eigenvalue weighted by Gasteiger charge is -2.40. The molecule has 0 aromatic carbocycles. The van der Waals surface area contributed by atoms with Gasteiger partial charge >= 0.3 is 5.97 Å². The van der Waals surface area contributed by atoms with Crippen LogP contribution in [0.5, 0.6) is 0 Å². The van der Waals surface area contributed by atoms with Gasteiger partial charge in [-0.05, 0) is 13.8 Å². The molecule has 6 heteroatoms. The Hall–Kier alpha value is -0.360. The van der Waals surface area contributed by atoms with E-state index >= 15 is 0 Å². The number of hydrogen-bond acceptors (Lipinski definition) is 3. The van der Waals surface area contributed by atoms with Crippen LogP contribution in [0.15, 0.2) is 0 Å². The quantitative estimate of drug-likeness (QED) is 0.717. The molecule has 0 aromatic rings. The molecular formula is C7H11F2NO2S. The van der Waals surface area contributed by atoms with E-state index in [1.807, 2.05) is 0 Å². The number of carbonyl (C=O) groups is 1. The van der Waals surface area contributed by atoms with Gasteiger partial charge in [0.05, 0.1) is 13.1 Å². The van der Waals surface area contributed by atoms with Crippen LogP contribution in [0.4, 0.5) is 8.78 Å². The number of carboxylic acids is 1. The Labute approximate surface area is 79.2 Å². The predicted molar refractivity (Wildman–Crippen MR) is 45.8 cm³/mol. The van der Waals surface area contributed by atoms with Crippen LogP contribution in [0.25, 0.3) is 0 Å². The Bertz CT molecular complexity index is 225. The normalized spacial score (nSPS) is 22.5. The molecular weight excluding hydrogens is 200 g/mol. The summed E-state index contributed by atoms with van der Waals surface area (Å²) >= 11 is 0.953. The summed E-state index contributed by atoms with van der Waals surface area (Å²) in [6, 6.07) is 0. The van der Waals surface area contributed by atoms with Gasteiger partial charge in [-0.25, -0.2) is 13.1 Å². The lowest BCUT2D eigenvalue weighted by Crippen LogP contribution is -2.54. The molecule has 1 heterocycles. The average Bonchev–Trinajstić information content (AvgIpc) is 1.81. The number of alkyl halides is 2. The number of nitrogens with zero attached hydrogens (tertiary/aromatic N) is 1. The number of aliphatic carboxylic acids is 1. The Kier molecular flexibility index (Phi) is 2.55. The third-order valence-electron chi connectivity index (χ3n) is 1.69.